The van der Waals surface area contributed by atoms with Crippen molar-refractivity contribution < 1.29 is 116 Å². The molecule has 0 spiro atoms. The summed E-state index contributed by atoms with van der Waals surface area (Å²) in [6.45, 7) is 12.7. The number of hydrogen-bond acceptors (Lipinski definition) is 18. The summed E-state index contributed by atoms with van der Waals surface area (Å²) in [4.78, 5) is 192. The van der Waals surface area contributed by atoms with E-state index in [1.54, 1.807) is 75.7 Å². The SMILES string of the molecule is C.CNC(=O)C1(NC(=O)C(=O)c2c(C)c(C(=O)Nc3ccc(C)c(F)c3)c3n2CCC3)CC(F)(F)C1.CNC(=O)C1(NC(=O)C(=O)c2c(C)c(C(=O)Nc3ccc(F)cc3)c3n2CCC3)CC(F)(F)C1.Cc1ccc(NC(=O)c2c(C)c(C(=O)C(=O)NC3(C(N)=O)CC(F)(F)C3)n3c2CCC3)cc1F.Cc1ccc(NC(=O)c2c(C)c(C(=O)C(=O)NC3(c4nncs4)CC3)n3c2CCC3)cc1F. The van der Waals surface area contributed by atoms with Crippen LogP contribution in [0.1, 0.15) is 235 Å². The van der Waals surface area contributed by atoms with Crippen molar-refractivity contribution in [2.75, 3.05) is 35.4 Å². The van der Waals surface area contributed by atoms with Gasteiger partial charge in [0.05, 0.1) is 50.6 Å². The van der Waals surface area contributed by atoms with Gasteiger partial charge in [-0.2, -0.15) is 0 Å². The van der Waals surface area contributed by atoms with E-state index in [9.17, 15) is 116 Å². The summed E-state index contributed by atoms with van der Waals surface area (Å²) in [6.07, 6.45) is 0.522. The van der Waals surface area contributed by atoms with E-state index in [1.807, 2.05) is 0 Å². The smallest absolute Gasteiger partial charge is 0.294 e. The molecule has 0 bridgehead atoms. The number of rotatable bonds is 24. The molecule has 724 valence electrons. The average Bonchev–Trinajstić information content (AvgIpc) is 1.75. The summed E-state index contributed by atoms with van der Waals surface area (Å²) in [5.74, 6) is -24.3. The number of amides is 11. The third kappa shape index (κ3) is 19.5. The van der Waals surface area contributed by atoms with Crippen LogP contribution >= 0.6 is 11.3 Å². The Morgan fingerprint density at radius 2 is 0.650 bits per heavy atom. The van der Waals surface area contributed by atoms with Gasteiger partial charge in [-0.25, -0.2) is 43.9 Å². The van der Waals surface area contributed by atoms with Crippen molar-refractivity contribution in [2.45, 2.75) is 225 Å². The summed E-state index contributed by atoms with van der Waals surface area (Å²) in [5.41, 5.74) is 7.59. The fourth-order valence-electron chi connectivity index (χ4n) is 18.9. The first-order chi connectivity index (χ1) is 64.0. The fourth-order valence-corrected chi connectivity index (χ4v) is 19.7. The zero-order chi connectivity index (χ0) is 98.9. The highest BCUT2D eigenvalue weighted by atomic mass is 32.1. The van der Waals surface area contributed by atoms with Crippen LogP contribution in [0.5, 0.6) is 0 Å². The number of Topliss-reactive ketones (excluding diaryl/α,β-unsaturated/α-hetero) is 4. The van der Waals surface area contributed by atoms with E-state index >= 15 is 0 Å². The Labute approximate surface area is 779 Å². The Hall–Kier alpha value is -14.3. The summed E-state index contributed by atoms with van der Waals surface area (Å²) in [6, 6.07) is 18.1. The number of fused-ring (bicyclic) bond motifs is 4. The van der Waals surface area contributed by atoms with E-state index in [0.717, 1.165) is 12.1 Å². The lowest BCUT2D eigenvalue weighted by molar-refractivity contribution is -0.164. The van der Waals surface area contributed by atoms with Crippen molar-refractivity contribution in [1.29, 1.82) is 0 Å². The van der Waals surface area contributed by atoms with Crippen LogP contribution in [0.25, 0.3) is 0 Å². The number of alkyl halides is 6. The number of nitrogens with one attached hydrogen (secondary N) is 10. The minimum absolute atomic E-state index is 0. The summed E-state index contributed by atoms with van der Waals surface area (Å²) in [7, 11) is 2.51. The second-order valence-corrected chi connectivity index (χ2v) is 36.1. The highest BCUT2D eigenvalue weighted by molar-refractivity contribution is 7.09. The topological polar surface area (TPSA) is 448 Å². The van der Waals surface area contributed by atoms with E-state index in [1.165, 1.54) is 101 Å². The number of primary amides is 1. The number of anilines is 4. The van der Waals surface area contributed by atoms with Crippen LogP contribution in [0.2, 0.25) is 0 Å². The van der Waals surface area contributed by atoms with Gasteiger partial charge in [0.1, 0.15) is 50.4 Å². The number of carbonyl (C=O) groups is 15. The lowest BCUT2D eigenvalue weighted by Crippen LogP contribution is -2.69. The van der Waals surface area contributed by atoms with Crippen LogP contribution in [0.15, 0.2) is 84.4 Å². The maximum Gasteiger partial charge on any atom is 0.294 e. The summed E-state index contributed by atoms with van der Waals surface area (Å²) >= 11 is 1.34. The molecule has 0 saturated heterocycles. The molecule has 32 nitrogen and oxygen atoms in total. The number of nitrogens with zero attached hydrogens (tertiary/aromatic N) is 6. The van der Waals surface area contributed by atoms with E-state index in [4.69, 9.17) is 5.73 Å². The van der Waals surface area contributed by atoms with E-state index in [-0.39, 0.29) is 75.0 Å². The Morgan fingerprint density at radius 3 is 0.905 bits per heavy atom. The third-order valence-electron chi connectivity index (χ3n) is 25.7. The molecule has 5 aromatic heterocycles. The first-order valence-electron chi connectivity index (χ1n) is 43.3. The van der Waals surface area contributed by atoms with Gasteiger partial charge in [0.15, 0.2) is 0 Å². The van der Waals surface area contributed by atoms with E-state index in [2.05, 4.69) is 63.4 Å². The van der Waals surface area contributed by atoms with E-state index in [0.29, 0.717) is 145 Å². The monoisotopic (exact) mass is 1930 g/mol. The zero-order valence-electron chi connectivity index (χ0n) is 74.8. The van der Waals surface area contributed by atoms with Gasteiger partial charge in [0, 0.05) is 124 Å². The Bertz CT molecular complexity index is 6540. The first kappa shape index (κ1) is 100. The van der Waals surface area contributed by atoms with Gasteiger partial charge < -0.3 is 77.2 Å². The first-order valence-corrected chi connectivity index (χ1v) is 44.2. The highest BCUT2D eigenvalue weighted by Crippen LogP contribution is 2.50. The van der Waals surface area contributed by atoms with Crippen molar-refractivity contribution >= 4 is 122 Å². The number of hydrogen-bond donors (Lipinski definition) is 11. The van der Waals surface area contributed by atoms with Gasteiger partial charge in [0.2, 0.25) is 17.7 Å². The molecule has 0 radical (unpaired) electrons. The number of aryl methyl sites for hydroxylation is 3. The number of benzene rings is 4. The van der Waals surface area contributed by atoms with Crippen molar-refractivity contribution in [3.8, 4) is 0 Å². The number of ketones is 4. The average molecular weight is 1930 g/mol. The normalized spacial score (nSPS) is 16.8. The van der Waals surface area contributed by atoms with Crippen LogP contribution in [-0.4, -0.2) is 165 Å². The van der Waals surface area contributed by atoms with Crippen molar-refractivity contribution in [1.82, 2.24) is 60.4 Å². The minimum atomic E-state index is -3.17. The number of likely N-dealkylation sites (N-methyl/N-ethyl adjacent to an activating group) is 2. The molecule has 137 heavy (non-hydrogen) atoms. The third-order valence-corrected chi connectivity index (χ3v) is 26.6. The van der Waals surface area contributed by atoms with Gasteiger partial charge in [-0.1, -0.05) is 25.6 Å². The van der Waals surface area contributed by atoms with Gasteiger partial charge in [-0.05, 0) is 212 Å². The predicted octanol–water partition coefficient (Wildman–Crippen LogP) is 11.3. The van der Waals surface area contributed by atoms with Crippen LogP contribution in [-0.2, 0) is 91.0 Å². The lowest BCUT2D eigenvalue weighted by atomic mass is 9.72. The molecule has 0 unspecified atom stereocenters. The standard InChI is InChI=1S/C24H25F3N4O4.2C23H23F3N4O4.C23H22FN5O3S.CH4/c1-12-6-7-14(9-15(12)25)29-20(33)17-13(2)18(31-8-4-5-16(17)31)19(32)21(34)30-23(22(35)28-3)10-24(26,27)11-23;1-12-16(19(32)28-14-7-5-13(24)6-8-14)15-4-3-9-30(15)17(12)18(31)20(33)29-22(21(34)27-2)10-23(25,26)11-22;1-11-5-6-13(8-14(11)24)28-19(32)16-12(2)17(30-7-3-4-15(16)30)18(31)20(33)29-22(21(27)34)9-23(25,26)10-22;1-12-5-6-14(10-15(12)24)26-20(31)17-13(2)18(29-9-3-4-16(17)29)19(30)21(32)27-23(7-8-23)22-28-25-11-33-22;/h6-7,9H,4-5,8,10-11H2,1-3H3,(H,28,35)(H,29,33)(H,30,34);5-8H,3-4,9-11H2,1-2H3,(H,27,34)(H,28,32)(H,29,33);5-6,8H,3-4,7,9-10H2,1-2H3,(H2,27,34)(H,28,32)(H,29,33);5-6,10-11H,3-4,7-9H2,1-2H3,(H,26,31)(H,27,32);1H4. The molecule has 17 rings (SSSR count). The number of carbonyl (C=O) groups excluding carboxylic acids is 15. The van der Waals surface area contributed by atoms with Gasteiger partial charge in [-0.3, -0.25) is 71.9 Å². The molecule has 11 amide bonds. The lowest BCUT2D eigenvalue weighted by Gasteiger charge is -2.45. The minimum Gasteiger partial charge on any atom is -0.368 e. The summed E-state index contributed by atoms with van der Waals surface area (Å²) < 4.78 is 142. The molecule has 0 atom stereocenters. The van der Waals surface area contributed by atoms with E-state index < -0.39 is 190 Å². The Kier molecular flexibility index (Phi) is 27.9. The number of halogens is 10. The van der Waals surface area contributed by atoms with Crippen LogP contribution in [0.3, 0.4) is 0 Å². The van der Waals surface area contributed by atoms with Crippen molar-refractivity contribution in [3.63, 3.8) is 0 Å². The Morgan fingerprint density at radius 1 is 0.380 bits per heavy atom. The molecule has 9 aromatic rings. The summed E-state index contributed by atoms with van der Waals surface area (Å²) in [5, 5.41) is 33.0. The van der Waals surface area contributed by atoms with Gasteiger partial charge in [0.25, 0.3) is 88.2 Å². The molecular weight excluding hydrogens is 1830 g/mol. The highest BCUT2D eigenvalue weighted by Gasteiger charge is 2.65. The maximum atomic E-state index is 13.9. The van der Waals surface area contributed by atoms with Gasteiger partial charge >= 0.3 is 0 Å². The van der Waals surface area contributed by atoms with Crippen LogP contribution in [0, 0.1) is 71.7 Å². The van der Waals surface area contributed by atoms with Crippen LogP contribution in [0.4, 0.5) is 66.7 Å². The fraction of sp³-hybridized carbons (Fsp3) is 0.394. The quantitative estimate of drug-likeness (QED) is 0.0152. The molecule has 8 aliphatic rings. The molecular formula is C94H97F10N17O15S. The molecule has 4 fully saturated rings. The van der Waals surface area contributed by atoms with Crippen LogP contribution < -0.4 is 58.9 Å². The Balaban J connectivity index is 0.000000154. The predicted molar refractivity (Wildman–Crippen MR) is 477 cm³/mol. The van der Waals surface area contributed by atoms with Crippen molar-refractivity contribution in [3.05, 3.63) is 219 Å². The van der Waals surface area contributed by atoms with Gasteiger partial charge in [-0.15, -0.1) is 21.5 Å². The van der Waals surface area contributed by atoms with Crippen molar-refractivity contribution in [2.24, 2.45) is 5.73 Å². The largest absolute Gasteiger partial charge is 0.368 e. The number of nitrogens with two attached hydrogens (primary N) is 1. The molecule has 9 heterocycles. The molecule has 4 aliphatic heterocycles. The molecule has 43 heteroatoms. The second kappa shape index (κ2) is 38.1. The maximum absolute atomic E-state index is 13.9. The molecule has 12 N–H and O–H groups in total. The number of aromatic nitrogens is 6. The molecule has 4 aromatic carbocycles. The second-order valence-electron chi connectivity index (χ2n) is 35.3. The molecule has 4 saturated carbocycles. The molecule has 4 aliphatic carbocycles. The zero-order valence-corrected chi connectivity index (χ0v) is 75.6.